The molecular formula is C14H20N4O. The van der Waals surface area contributed by atoms with E-state index in [1.165, 1.54) is 0 Å². The lowest BCUT2D eigenvalue weighted by Crippen LogP contribution is -2.19. The van der Waals surface area contributed by atoms with Crippen molar-refractivity contribution in [2.75, 3.05) is 25.0 Å². The van der Waals surface area contributed by atoms with Gasteiger partial charge in [0.15, 0.2) is 5.82 Å². The number of aromatic nitrogens is 2. The Bertz CT molecular complexity index is 579. The van der Waals surface area contributed by atoms with Crippen molar-refractivity contribution in [3.63, 3.8) is 0 Å². The highest BCUT2D eigenvalue weighted by Crippen LogP contribution is 2.16. The van der Waals surface area contributed by atoms with Crippen molar-refractivity contribution in [2.24, 2.45) is 0 Å². The minimum atomic E-state index is -0.147. The first-order valence-electron chi connectivity index (χ1n) is 6.75. The van der Waals surface area contributed by atoms with E-state index in [0.717, 1.165) is 43.7 Å². The van der Waals surface area contributed by atoms with Crippen LogP contribution in [0.3, 0.4) is 0 Å². The van der Waals surface area contributed by atoms with E-state index >= 15 is 0 Å². The molecule has 2 rings (SSSR count). The number of H-pyrrole nitrogens is 1. The topological polar surface area (TPSA) is 69.8 Å². The maximum atomic E-state index is 11.6. The van der Waals surface area contributed by atoms with E-state index in [-0.39, 0.29) is 5.56 Å². The molecule has 0 radical (unpaired) electrons. The van der Waals surface area contributed by atoms with E-state index in [1.807, 2.05) is 24.3 Å². The van der Waals surface area contributed by atoms with Crippen molar-refractivity contribution < 1.29 is 0 Å². The molecule has 0 bridgehead atoms. The normalized spacial score (nSPS) is 10.8. The zero-order valence-electron chi connectivity index (χ0n) is 11.2. The van der Waals surface area contributed by atoms with Crippen LogP contribution in [0.2, 0.25) is 0 Å². The average Bonchev–Trinajstić information content (AvgIpc) is 2.45. The lowest BCUT2D eigenvalue weighted by atomic mass is 10.2. The molecule has 0 aliphatic rings. The molecule has 1 heterocycles. The van der Waals surface area contributed by atoms with Crippen molar-refractivity contribution in [3.8, 4) is 0 Å². The molecule has 0 saturated carbocycles. The third kappa shape index (κ3) is 3.54. The van der Waals surface area contributed by atoms with Crippen LogP contribution in [0.1, 0.15) is 19.8 Å². The minimum absolute atomic E-state index is 0.147. The minimum Gasteiger partial charge on any atom is -0.368 e. The van der Waals surface area contributed by atoms with Gasteiger partial charge in [-0.05, 0) is 32.0 Å². The summed E-state index contributed by atoms with van der Waals surface area (Å²) in [6.07, 6.45) is 2.18. The van der Waals surface area contributed by atoms with Crippen molar-refractivity contribution in [1.29, 1.82) is 0 Å². The van der Waals surface area contributed by atoms with E-state index in [1.54, 1.807) is 0 Å². The fourth-order valence-corrected chi connectivity index (χ4v) is 1.97. The fourth-order valence-electron chi connectivity index (χ4n) is 1.97. The number of nitrogens with zero attached hydrogens (tertiary/aromatic N) is 1. The molecule has 0 fully saturated rings. The third-order valence-electron chi connectivity index (χ3n) is 2.95. The van der Waals surface area contributed by atoms with Gasteiger partial charge in [0.2, 0.25) is 0 Å². The molecule has 0 aliphatic carbocycles. The molecule has 0 atom stereocenters. The molecule has 1 aromatic heterocycles. The van der Waals surface area contributed by atoms with Crippen LogP contribution < -0.4 is 16.2 Å². The molecule has 0 spiro atoms. The van der Waals surface area contributed by atoms with Crippen LogP contribution in [0.15, 0.2) is 29.1 Å². The molecule has 5 nitrogen and oxygen atoms in total. The highest BCUT2D eigenvalue weighted by molar-refractivity contribution is 5.90. The Morgan fingerprint density at radius 3 is 2.74 bits per heavy atom. The standard InChI is InChI=1S/C14H20N4O/c1-2-8-15-9-5-10-16-13-11-6-3-4-7-12(11)14(19)18-17-13/h3-4,6-7,15H,2,5,8-10H2,1H3,(H,16,17)(H,18,19). The first-order chi connectivity index (χ1) is 9.33. The second kappa shape index (κ2) is 6.89. The number of fused-ring (bicyclic) bond motifs is 1. The summed E-state index contributed by atoms with van der Waals surface area (Å²) in [5.41, 5.74) is -0.147. The van der Waals surface area contributed by atoms with Gasteiger partial charge in [0.1, 0.15) is 0 Å². The smallest absolute Gasteiger partial charge is 0.272 e. The summed E-state index contributed by atoms with van der Waals surface area (Å²) in [6.45, 7) is 5.03. The molecule has 102 valence electrons. The van der Waals surface area contributed by atoms with E-state index < -0.39 is 0 Å². The van der Waals surface area contributed by atoms with Gasteiger partial charge in [0.05, 0.1) is 5.39 Å². The number of anilines is 1. The molecule has 0 amide bonds. The van der Waals surface area contributed by atoms with Crippen LogP contribution in [0.5, 0.6) is 0 Å². The van der Waals surface area contributed by atoms with Crippen LogP contribution in [0.4, 0.5) is 5.82 Å². The van der Waals surface area contributed by atoms with Gasteiger partial charge in [-0.1, -0.05) is 25.1 Å². The first kappa shape index (κ1) is 13.5. The lowest BCUT2D eigenvalue weighted by molar-refractivity contribution is 0.651. The van der Waals surface area contributed by atoms with Crippen molar-refractivity contribution >= 4 is 16.6 Å². The van der Waals surface area contributed by atoms with Crippen molar-refractivity contribution in [2.45, 2.75) is 19.8 Å². The Kier molecular flexibility index (Phi) is 4.92. The van der Waals surface area contributed by atoms with Crippen LogP contribution in [-0.4, -0.2) is 29.8 Å². The molecule has 0 unspecified atom stereocenters. The predicted octanol–water partition coefficient (Wildman–Crippen LogP) is 1.72. The summed E-state index contributed by atoms with van der Waals surface area (Å²) in [6, 6.07) is 7.49. The predicted molar refractivity (Wildman–Crippen MR) is 78.6 cm³/mol. The maximum Gasteiger partial charge on any atom is 0.272 e. The van der Waals surface area contributed by atoms with Gasteiger partial charge in [0, 0.05) is 11.9 Å². The van der Waals surface area contributed by atoms with Crippen molar-refractivity contribution in [1.82, 2.24) is 15.5 Å². The van der Waals surface area contributed by atoms with Crippen LogP contribution in [-0.2, 0) is 0 Å². The molecule has 5 heteroatoms. The van der Waals surface area contributed by atoms with E-state index in [4.69, 9.17) is 0 Å². The van der Waals surface area contributed by atoms with Gasteiger partial charge >= 0.3 is 0 Å². The van der Waals surface area contributed by atoms with Gasteiger partial charge in [-0.25, -0.2) is 5.10 Å². The Morgan fingerprint density at radius 1 is 1.16 bits per heavy atom. The monoisotopic (exact) mass is 260 g/mol. The number of aromatic amines is 1. The van der Waals surface area contributed by atoms with E-state index in [2.05, 4.69) is 27.8 Å². The lowest BCUT2D eigenvalue weighted by Gasteiger charge is -2.08. The maximum absolute atomic E-state index is 11.6. The van der Waals surface area contributed by atoms with Gasteiger partial charge in [-0.2, -0.15) is 5.10 Å². The van der Waals surface area contributed by atoms with Crippen LogP contribution in [0, 0.1) is 0 Å². The zero-order chi connectivity index (χ0) is 13.5. The van der Waals surface area contributed by atoms with Crippen molar-refractivity contribution in [3.05, 3.63) is 34.6 Å². The van der Waals surface area contributed by atoms with Crippen LogP contribution in [0.25, 0.3) is 10.8 Å². The molecule has 0 saturated heterocycles. The summed E-state index contributed by atoms with van der Waals surface area (Å²) in [7, 11) is 0. The Balaban J connectivity index is 1.98. The van der Waals surface area contributed by atoms with Crippen LogP contribution >= 0.6 is 0 Å². The summed E-state index contributed by atoms with van der Waals surface area (Å²) >= 11 is 0. The van der Waals surface area contributed by atoms with Gasteiger partial charge in [-0.15, -0.1) is 0 Å². The molecule has 1 aromatic carbocycles. The number of hydrogen-bond donors (Lipinski definition) is 3. The Morgan fingerprint density at radius 2 is 1.95 bits per heavy atom. The molecule has 19 heavy (non-hydrogen) atoms. The fraction of sp³-hybridized carbons (Fsp3) is 0.429. The second-order valence-electron chi connectivity index (χ2n) is 4.48. The zero-order valence-corrected chi connectivity index (χ0v) is 11.2. The highest BCUT2D eigenvalue weighted by atomic mass is 16.1. The molecule has 2 aromatic rings. The number of hydrogen-bond acceptors (Lipinski definition) is 4. The third-order valence-corrected chi connectivity index (χ3v) is 2.95. The second-order valence-corrected chi connectivity index (χ2v) is 4.48. The molecule has 0 aliphatic heterocycles. The van der Waals surface area contributed by atoms with E-state index in [9.17, 15) is 4.79 Å². The number of benzene rings is 1. The number of nitrogens with one attached hydrogen (secondary N) is 3. The summed E-state index contributed by atoms with van der Waals surface area (Å²) in [5, 5.41) is 14.8. The Labute approximate surface area is 112 Å². The summed E-state index contributed by atoms with van der Waals surface area (Å²) < 4.78 is 0. The molecule has 3 N–H and O–H groups in total. The van der Waals surface area contributed by atoms with Gasteiger partial charge in [-0.3, -0.25) is 4.79 Å². The first-order valence-corrected chi connectivity index (χ1v) is 6.75. The molecular weight excluding hydrogens is 240 g/mol. The summed E-state index contributed by atoms with van der Waals surface area (Å²) in [5.74, 6) is 0.741. The summed E-state index contributed by atoms with van der Waals surface area (Å²) in [4.78, 5) is 11.6. The highest BCUT2D eigenvalue weighted by Gasteiger charge is 2.04. The Hall–Kier alpha value is -1.88. The number of rotatable bonds is 7. The van der Waals surface area contributed by atoms with Gasteiger partial charge < -0.3 is 10.6 Å². The largest absolute Gasteiger partial charge is 0.368 e. The SMILES string of the molecule is CCCNCCCNc1n[nH]c(=O)c2ccccc12. The quantitative estimate of drug-likeness (QED) is 0.663. The van der Waals surface area contributed by atoms with E-state index in [0.29, 0.717) is 5.39 Å². The average molecular weight is 260 g/mol. The van der Waals surface area contributed by atoms with Gasteiger partial charge in [0.25, 0.3) is 5.56 Å².